The Morgan fingerprint density at radius 2 is 1.96 bits per heavy atom. The second-order valence-corrected chi connectivity index (χ2v) is 6.17. The molecule has 1 unspecified atom stereocenters. The number of fused-ring (bicyclic) bond motifs is 1. The van der Waals surface area contributed by atoms with Gasteiger partial charge in [0.2, 0.25) is 5.91 Å². The molecule has 2 aromatic rings. The molecule has 3 N–H and O–H groups in total. The molecule has 2 aromatic carbocycles. The Bertz CT molecular complexity index is 786. The SMILES string of the molecule is CC(=O)Nc1cccc(C2CCc3ccc(C(=O)NO)cc3C2)c1. The molecule has 0 aromatic heterocycles. The lowest BCUT2D eigenvalue weighted by Crippen LogP contribution is -2.20. The van der Waals surface area contributed by atoms with Crippen molar-refractivity contribution in [3.05, 3.63) is 64.7 Å². The van der Waals surface area contributed by atoms with Crippen LogP contribution in [-0.4, -0.2) is 17.0 Å². The van der Waals surface area contributed by atoms with Crippen LogP contribution in [0, 0.1) is 0 Å². The molecule has 0 bridgehead atoms. The highest BCUT2D eigenvalue weighted by atomic mass is 16.5. The number of aryl methyl sites for hydroxylation is 1. The molecule has 2 amide bonds. The standard InChI is InChI=1S/C19H20N2O3/c1-12(22)20-18-4-2-3-14(11-18)15-7-5-13-6-8-16(19(23)21-24)10-17(13)9-15/h2-4,6,8,10-11,15,24H,5,7,9H2,1H3,(H,20,22)(H,21,23). The molecule has 124 valence electrons. The van der Waals surface area contributed by atoms with E-state index in [1.54, 1.807) is 11.5 Å². The molecule has 3 rings (SSSR count). The van der Waals surface area contributed by atoms with Gasteiger partial charge < -0.3 is 5.32 Å². The molecular formula is C19H20N2O3. The number of hydroxylamine groups is 1. The number of rotatable bonds is 3. The number of hydrogen-bond donors (Lipinski definition) is 3. The van der Waals surface area contributed by atoms with Crippen molar-refractivity contribution in [3.63, 3.8) is 0 Å². The van der Waals surface area contributed by atoms with Crippen molar-refractivity contribution >= 4 is 17.5 Å². The molecule has 1 aliphatic rings. The van der Waals surface area contributed by atoms with Crippen LogP contribution < -0.4 is 10.8 Å². The topological polar surface area (TPSA) is 78.4 Å². The maximum absolute atomic E-state index is 11.6. The number of carbonyl (C=O) groups excluding carboxylic acids is 2. The largest absolute Gasteiger partial charge is 0.326 e. The fourth-order valence-corrected chi connectivity index (χ4v) is 3.32. The molecule has 24 heavy (non-hydrogen) atoms. The average Bonchev–Trinajstić information content (AvgIpc) is 2.59. The van der Waals surface area contributed by atoms with Gasteiger partial charge in [0.05, 0.1) is 0 Å². The van der Waals surface area contributed by atoms with E-state index in [4.69, 9.17) is 5.21 Å². The van der Waals surface area contributed by atoms with E-state index in [1.807, 2.05) is 30.3 Å². The van der Waals surface area contributed by atoms with Gasteiger partial charge in [0.25, 0.3) is 5.91 Å². The van der Waals surface area contributed by atoms with Crippen molar-refractivity contribution in [1.82, 2.24) is 5.48 Å². The molecule has 5 nitrogen and oxygen atoms in total. The van der Waals surface area contributed by atoms with E-state index in [0.717, 1.165) is 30.5 Å². The minimum Gasteiger partial charge on any atom is -0.326 e. The van der Waals surface area contributed by atoms with Crippen LogP contribution in [0.2, 0.25) is 0 Å². The number of carbonyl (C=O) groups is 2. The summed E-state index contributed by atoms with van der Waals surface area (Å²) in [4.78, 5) is 22.8. The van der Waals surface area contributed by atoms with E-state index >= 15 is 0 Å². The first-order valence-corrected chi connectivity index (χ1v) is 8.00. The highest BCUT2D eigenvalue weighted by molar-refractivity contribution is 5.93. The molecule has 0 saturated heterocycles. The molecule has 1 atom stereocenters. The second kappa shape index (κ2) is 6.84. The van der Waals surface area contributed by atoms with Crippen molar-refractivity contribution in [1.29, 1.82) is 0 Å². The molecule has 0 spiro atoms. The third-order valence-corrected chi connectivity index (χ3v) is 4.48. The Morgan fingerprint density at radius 1 is 1.12 bits per heavy atom. The minimum absolute atomic E-state index is 0.0826. The molecule has 5 heteroatoms. The van der Waals surface area contributed by atoms with Crippen LogP contribution in [0.1, 0.15) is 46.3 Å². The van der Waals surface area contributed by atoms with Gasteiger partial charge in [0, 0.05) is 18.2 Å². The molecule has 1 aliphatic carbocycles. The quantitative estimate of drug-likeness (QED) is 0.600. The Kier molecular flexibility index (Phi) is 4.62. The summed E-state index contributed by atoms with van der Waals surface area (Å²) in [6.07, 6.45) is 2.82. The summed E-state index contributed by atoms with van der Waals surface area (Å²) in [5.74, 6) is -0.230. The third kappa shape index (κ3) is 3.46. The lowest BCUT2D eigenvalue weighted by atomic mass is 9.79. The summed E-state index contributed by atoms with van der Waals surface area (Å²) in [5.41, 5.74) is 6.51. The summed E-state index contributed by atoms with van der Waals surface area (Å²) >= 11 is 0. The molecule has 0 fully saturated rings. The fraction of sp³-hybridized carbons (Fsp3) is 0.263. The van der Waals surface area contributed by atoms with Gasteiger partial charge in [-0.15, -0.1) is 0 Å². The Labute approximate surface area is 140 Å². The molecule has 0 aliphatic heterocycles. The summed E-state index contributed by atoms with van der Waals surface area (Å²) in [6.45, 7) is 1.50. The van der Waals surface area contributed by atoms with Gasteiger partial charge in [0.15, 0.2) is 0 Å². The summed E-state index contributed by atoms with van der Waals surface area (Å²) in [7, 11) is 0. The van der Waals surface area contributed by atoms with Crippen molar-refractivity contribution < 1.29 is 14.8 Å². The zero-order valence-corrected chi connectivity index (χ0v) is 13.5. The minimum atomic E-state index is -0.493. The van der Waals surface area contributed by atoms with Crippen LogP contribution in [0.25, 0.3) is 0 Å². The fourth-order valence-electron chi connectivity index (χ4n) is 3.32. The van der Waals surface area contributed by atoms with Crippen LogP contribution >= 0.6 is 0 Å². The van der Waals surface area contributed by atoms with E-state index in [2.05, 4.69) is 11.4 Å². The third-order valence-electron chi connectivity index (χ3n) is 4.48. The molecular weight excluding hydrogens is 304 g/mol. The van der Waals surface area contributed by atoms with Gasteiger partial charge in [-0.3, -0.25) is 14.8 Å². The number of nitrogens with one attached hydrogen (secondary N) is 2. The van der Waals surface area contributed by atoms with Crippen LogP contribution in [0.5, 0.6) is 0 Å². The summed E-state index contributed by atoms with van der Waals surface area (Å²) < 4.78 is 0. The zero-order chi connectivity index (χ0) is 17.1. The maximum atomic E-state index is 11.6. The first-order chi connectivity index (χ1) is 11.6. The van der Waals surface area contributed by atoms with Crippen molar-refractivity contribution in [2.45, 2.75) is 32.1 Å². The van der Waals surface area contributed by atoms with Crippen molar-refractivity contribution in [3.8, 4) is 0 Å². The van der Waals surface area contributed by atoms with Crippen LogP contribution in [0.4, 0.5) is 5.69 Å². The van der Waals surface area contributed by atoms with E-state index in [9.17, 15) is 9.59 Å². The first kappa shape index (κ1) is 16.2. The Balaban J connectivity index is 1.84. The van der Waals surface area contributed by atoms with Crippen LogP contribution in [0.15, 0.2) is 42.5 Å². The smallest absolute Gasteiger partial charge is 0.274 e. The number of amides is 2. The van der Waals surface area contributed by atoms with Crippen LogP contribution in [-0.2, 0) is 17.6 Å². The first-order valence-electron chi connectivity index (χ1n) is 8.00. The molecule has 0 saturated carbocycles. The van der Waals surface area contributed by atoms with E-state index in [0.29, 0.717) is 11.5 Å². The number of hydrogen-bond acceptors (Lipinski definition) is 3. The van der Waals surface area contributed by atoms with Crippen LogP contribution in [0.3, 0.4) is 0 Å². The zero-order valence-electron chi connectivity index (χ0n) is 13.5. The van der Waals surface area contributed by atoms with Gasteiger partial charge in [0.1, 0.15) is 0 Å². The van der Waals surface area contributed by atoms with Gasteiger partial charge in [-0.2, -0.15) is 0 Å². The lowest BCUT2D eigenvalue weighted by Gasteiger charge is -2.25. The Hall–Kier alpha value is -2.66. The van der Waals surface area contributed by atoms with E-state index in [-0.39, 0.29) is 5.91 Å². The van der Waals surface area contributed by atoms with Gasteiger partial charge in [-0.05, 0) is 66.1 Å². The molecule has 0 heterocycles. The monoisotopic (exact) mass is 324 g/mol. The van der Waals surface area contributed by atoms with E-state index < -0.39 is 5.91 Å². The highest BCUT2D eigenvalue weighted by Crippen LogP contribution is 2.34. The lowest BCUT2D eigenvalue weighted by molar-refractivity contribution is -0.114. The van der Waals surface area contributed by atoms with Gasteiger partial charge >= 0.3 is 0 Å². The van der Waals surface area contributed by atoms with E-state index in [1.165, 1.54) is 18.1 Å². The highest BCUT2D eigenvalue weighted by Gasteiger charge is 2.21. The number of anilines is 1. The summed E-state index contributed by atoms with van der Waals surface area (Å²) in [6, 6.07) is 13.5. The van der Waals surface area contributed by atoms with Crippen molar-refractivity contribution in [2.24, 2.45) is 0 Å². The summed E-state index contributed by atoms with van der Waals surface area (Å²) in [5, 5.41) is 11.6. The average molecular weight is 324 g/mol. The van der Waals surface area contributed by atoms with Gasteiger partial charge in [-0.25, -0.2) is 5.48 Å². The second-order valence-electron chi connectivity index (χ2n) is 6.17. The normalized spacial score (nSPS) is 16.2. The molecule has 0 radical (unpaired) electrons. The predicted octanol–water partition coefficient (Wildman–Crippen LogP) is 3.04. The number of benzene rings is 2. The predicted molar refractivity (Wildman–Crippen MR) is 91.2 cm³/mol. The Morgan fingerprint density at radius 3 is 2.71 bits per heavy atom. The van der Waals surface area contributed by atoms with Gasteiger partial charge in [-0.1, -0.05) is 18.2 Å². The van der Waals surface area contributed by atoms with Crippen molar-refractivity contribution in [2.75, 3.05) is 5.32 Å². The maximum Gasteiger partial charge on any atom is 0.274 e.